The Labute approximate surface area is 143 Å². The van der Waals surface area contributed by atoms with Crippen LogP contribution in [0.2, 0.25) is 13.1 Å². The zero-order chi connectivity index (χ0) is 16.3. The van der Waals surface area contributed by atoms with Crippen LogP contribution in [0.15, 0.2) is 72.1 Å². The lowest BCUT2D eigenvalue weighted by molar-refractivity contribution is 0.414. The van der Waals surface area contributed by atoms with Gasteiger partial charge in [-0.1, -0.05) is 66.8 Å². The molecule has 0 aliphatic heterocycles. The molecule has 3 heteroatoms. The molecule has 0 N–H and O–H groups in total. The van der Waals surface area contributed by atoms with Crippen LogP contribution in [0.3, 0.4) is 0 Å². The Hall–Kier alpha value is -1.84. The van der Waals surface area contributed by atoms with Crippen LogP contribution < -0.4 is 9.92 Å². The van der Waals surface area contributed by atoms with Crippen LogP contribution in [0.1, 0.15) is 16.0 Å². The number of thiophene rings is 1. The summed E-state index contributed by atoms with van der Waals surface area (Å²) < 4.78 is 5.32. The maximum absolute atomic E-state index is 5.32. The Bertz CT molecular complexity index is 733. The van der Waals surface area contributed by atoms with Crippen molar-refractivity contribution in [2.75, 3.05) is 7.11 Å². The van der Waals surface area contributed by atoms with Gasteiger partial charge in [0.2, 0.25) is 0 Å². The van der Waals surface area contributed by atoms with E-state index in [-0.39, 0.29) is 0 Å². The lowest BCUT2D eigenvalue weighted by atomic mass is 10.1. The molecule has 2 aromatic carbocycles. The fourth-order valence-corrected chi connectivity index (χ4v) is 8.27. The fraction of sp³-hybridized carbons (Fsp3) is 0.200. The molecule has 1 aromatic heterocycles. The standard InChI is InChI=1S/C20H22OSSi/c1-21-17-13-11-16(12-14-17)20(19-10-7-15-22-19)23(2,3)18-8-5-4-6-9-18/h4-15,20H,1-3H3/t20-/m1/s1. The molecule has 0 radical (unpaired) electrons. The molecule has 0 bridgehead atoms. The van der Waals surface area contributed by atoms with Crippen molar-refractivity contribution in [2.45, 2.75) is 18.6 Å². The highest BCUT2D eigenvalue weighted by atomic mass is 32.1. The first-order valence-corrected chi connectivity index (χ1v) is 11.8. The summed E-state index contributed by atoms with van der Waals surface area (Å²) in [6.07, 6.45) is 0. The lowest BCUT2D eigenvalue weighted by Gasteiger charge is -2.33. The van der Waals surface area contributed by atoms with Gasteiger partial charge in [0.25, 0.3) is 0 Å². The number of benzene rings is 2. The second-order valence-corrected chi connectivity index (χ2v) is 11.9. The molecule has 0 spiro atoms. The van der Waals surface area contributed by atoms with Crippen molar-refractivity contribution in [3.8, 4) is 5.75 Å². The molecule has 1 atom stereocenters. The van der Waals surface area contributed by atoms with Crippen molar-refractivity contribution in [1.29, 1.82) is 0 Å². The van der Waals surface area contributed by atoms with E-state index in [0.29, 0.717) is 5.54 Å². The minimum atomic E-state index is -1.71. The first-order valence-electron chi connectivity index (χ1n) is 7.86. The second-order valence-electron chi connectivity index (χ2n) is 6.31. The zero-order valence-corrected chi connectivity index (χ0v) is 15.6. The molecule has 1 nitrogen and oxygen atoms in total. The zero-order valence-electron chi connectivity index (χ0n) is 13.8. The first kappa shape index (κ1) is 16.0. The van der Waals surface area contributed by atoms with Crippen LogP contribution in [-0.4, -0.2) is 15.2 Å². The third-order valence-electron chi connectivity index (χ3n) is 4.52. The van der Waals surface area contributed by atoms with Crippen molar-refractivity contribution in [2.24, 2.45) is 0 Å². The van der Waals surface area contributed by atoms with Gasteiger partial charge in [-0.05, 0) is 29.1 Å². The van der Waals surface area contributed by atoms with E-state index >= 15 is 0 Å². The van der Waals surface area contributed by atoms with E-state index in [1.54, 1.807) is 7.11 Å². The van der Waals surface area contributed by atoms with Crippen LogP contribution >= 0.6 is 11.3 Å². The van der Waals surface area contributed by atoms with E-state index < -0.39 is 8.07 Å². The van der Waals surface area contributed by atoms with Gasteiger partial charge in [-0.3, -0.25) is 0 Å². The normalized spacial score (nSPS) is 12.8. The van der Waals surface area contributed by atoms with E-state index in [1.165, 1.54) is 15.6 Å². The summed E-state index contributed by atoms with van der Waals surface area (Å²) in [5.41, 5.74) is 1.84. The van der Waals surface area contributed by atoms with E-state index in [1.807, 2.05) is 11.3 Å². The summed E-state index contributed by atoms with van der Waals surface area (Å²) in [4.78, 5) is 1.45. The highest BCUT2D eigenvalue weighted by Crippen LogP contribution is 2.36. The third-order valence-corrected chi connectivity index (χ3v) is 9.57. The average Bonchev–Trinajstić information content (AvgIpc) is 3.10. The van der Waals surface area contributed by atoms with Gasteiger partial charge in [-0.2, -0.15) is 0 Å². The van der Waals surface area contributed by atoms with Crippen molar-refractivity contribution in [3.63, 3.8) is 0 Å². The summed E-state index contributed by atoms with van der Waals surface area (Å²) in [5.74, 6) is 0.915. The summed E-state index contributed by atoms with van der Waals surface area (Å²) in [6.45, 7) is 4.94. The molecule has 3 rings (SSSR count). The number of ether oxygens (including phenoxy) is 1. The first-order chi connectivity index (χ1) is 11.1. The van der Waals surface area contributed by atoms with E-state index in [0.717, 1.165) is 5.75 Å². The van der Waals surface area contributed by atoms with Crippen molar-refractivity contribution in [3.05, 3.63) is 82.6 Å². The molecule has 118 valence electrons. The summed E-state index contributed by atoms with van der Waals surface area (Å²) in [5, 5.41) is 3.68. The molecular weight excluding hydrogens is 316 g/mol. The van der Waals surface area contributed by atoms with Crippen molar-refractivity contribution < 1.29 is 4.74 Å². The Kier molecular flexibility index (Phi) is 4.69. The molecule has 0 saturated heterocycles. The lowest BCUT2D eigenvalue weighted by Crippen LogP contribution is -2.47. The number of methoxy groups -OCH3 is 1. The molecule has 1 heterocycles. The third kappa shape index (κ3) is 3.26. The van der Waals surface area contributed by atoms with Crippen LogP contribution in [0.25, 0.3) is 0 Å². The van der Waals surface area contributed by atoms with Gasteiger partial charge in [0, 0.05) is 10.4 Å². The highest BCUT2D eigenvalue weighted by Gasteiger charge is 2.36. The quantitative estimate of drug-likeness (QED) is 0.592. The van der Waals surface area contributed by atoms with Crippen molar-refractivity contribution >= 4 is 24.6 Å². The number of hydrogen-bond donors (Lipinski definition) is 0. The molecule has 0 aliphatic carbocycles. The van der Waals surface area contributed by atoms with E-state index in [2.05, 4.69) is 85.2 Å². The molecule has 0 saturated carbocycles. The minimum absolute atomic E-state index is 0.454. The number of rotatable bonds is 5. The predicted molar refractivity (Wildman–Crippen MR) is 103 cm³/mol. The maximum atomic E-state index is 5.32. The topological polar surface area (TPSA) is 9.23 Å². The Morgan fingerprint density at radius 1 is 0.870 bits per heavy atom. The molecule has 3 aromatic rings. The Morgan fingerprint density at radius 3 is 2.13 bits per heavy atom. The summed E-state index contributed by atoms with van der Waals surface area (Å²) in [6, 6.07) is 24.0. The Balaban J connectivity index is 2.09. The van der Waals surface area contributed by atoms with Gasteiger partial charge in [-0.15, -0.1) is 11.3 Å². The van der Waals surface area contributed by atoms with Crippen molar-refractivity contribution in [1.82, 2.24) is 0 Å². The molecule has 0 amide bonds. The van der Waals surface area contributed by atoms with Crippen LogP contribution in [0.4, 0.5) is 0 Å². The van der Waals surface area contributed by atoms with Gasteiger partial charge < -0.3 is 4.74 Å². The van der Waals surface area contributed by atoms with Gasteiger partial charge in [0.05, 0.1) is 15.2 Å². The van der Waals surface area contributed by atoms with E-state index in [9.17, 15) is 0 Å². The van der Waals surface area contributed by atoms with Crippen LogP contribution in [0, 0.1) is 0 Å². The highest BCUT2D eigenvalue weighted by molar-refractivity contribution is 7.11. The second kappa shape index (κ2) is 6.73. The smallest absolute Gasteiger partial charge is 0.118 e. The fourth-order valence-electron chi connectivity index (χ4n) is 3.22. The summed E-state index contributed by atoms with van der Waals surface area (Å²) in [7, 11) is 0.00446. The average molecular weight is 339 g/mol. The maximum Gasteiger partial charge on any atom is 0.118 e. The summed E-state index contributed by atoms with van der Waals surface area (Å²) >= 11 is 1.86. The predicted octanol–water partition coefficient (Wildman–Crippen LogP) is 5.04. The van der Waals surface area contributed by atoms with Gasteiger partial charge >= 0.3 is 0 Å². The van der Waals surface area contributed by atoms with Crippen LogP contribution in [-0.2, 0) is 0 Å². The Morgan fingerprint density at radius 2 is 1.57 bits per heavy atom. The van der Waals surface area contributed by atoms with Gasteiger partial charge in [-0.25, -0.2) is 0 Å². The number of hydrogen-bond acceptors (Lipinski definition) is 2. The molecule has 0 fully saturated rings. The van der Waals surface area contributed by atoms with E-state index in [4.69, 9.17) is 4.74 Å². The minimum Gasteiger partial charge on any atom is -0.497 e. The molecule has 0 aliphatic rings. The van der Waals surface area contributed by atoms with Crippen LogP contribution in [0.5, 0.6) is 5.75 Å². The largest absolute Gasteiger partial charge is 0.497 e. The molecular formula is C20H22OSSi. The SMILES string of the molecule is COc1ccc([C@H](c2cccs2)[Si](C)(C)c2ccccc2)cc1. The van der Waals surface area contributed by atoms with Gasteiger partial charge in [0.1, 0.15) is 5.75 Å². The molecule has 23 heavy (non-hydrogen) atoms. The molecule has 0 unspecified atom stereocenters. The monoisotopic (exact) mass is 338 g/mol. The van der Waals surface area contributed by atoms with Gasteiger partial charge in [0.15, 0.2) is 0 Å².